The van der Waals surface area contributed by atoms with Crippen LogP contribution in [0.3, 0.4) is 0 Å². The van der Waals surface area contributed by atoms with E-state index in [0.29, 0.717) is 40.7 Å². The van der Waals surface area contributed by atoms with E-state index in [1.165, 1.54) is 12.8 Å². The normalized spacial score (nSPS) is 28.8. The van der Waals surface area contributed by atoms with Crippen molar-refractivity contribution in [1.82, 2.24) is 9.88 Å². The van der Waals surface area contributed by atoms with Gasteiger partial charge in [-0.1, -0.05) is 38.4 Å². The molecule has 35 heavy (non-hydrogen) atoms. The Kier molecular flexibility index (Phi) is 6.45. The lowest BCUT2D eigenvalue weighted by Gasteiger charge is -2.37. The molecule has 1 amide bonds. The van der Waals surface area contributed by atoms with Crippen molar-refractivity contribution in [2.45, 2.75) is 90.3 Å². The predicted octanol–water partition coefficient (Wildman–Crippen LogP) is 6.37. The molecule has 3 fully saturated rings. The zero-order valence-corrected chi connectivity index (χ0v) is 21.6. The zero-order chi connectivity index (χ0) is 24.9. The largest absolute Gasteiger partial charge is 0.481 e. The van der Waals surface area contributed by atoms with Crippen LogP contribution in [0.2, 0.25) is 5.02 Å². The third-order valence-electron chi connectivity index (χ3n) is 8.69. The first kappa shape index (κ1) is 24.4. The number of carboxylic acids is 1. The van der Waals surface area contributed by atoms with E-state index in [9.17, 15) is 14.7 Å². The second-order valence-electron chi connectivity index (χ2n) is 11.9. The number of hydrogen-bond acceptors (Lipinski definition) is 4. The zero-order valence-electron chi connectivity index (χ0n) is 20.9. The molecule has 2 bridgehead atoms. The highest BCUT2D eigenvalue weighted by Crippen LogP contribution is 2.41. The number of aliphatic carboxylic acids is 1. The van der Waals surface area contributed by atoms with Gasteiger partial charge in [0.25, 0.3) is 5.91 Å². The van der Waals surface area contributed by atoms with Crippen LogP contribution in [0.4, 0.5) is 5.82 Å². The number of hydrogen-bond donors (Lipinski definition) is 2. The summed E-state index contributed by atoms with van der Waals surface area (Å²) in [6.45, 7) is 6.99. The lowest BCUT2D eigenvalue weighted by molar-refractivity contribution is -0.144. The molecule has 3 aliphatic rings. The van der Waals surface area contributed by atoms with Gasteiger partial charge in [0.15, 0.2) is 0 Å². The summed E-state index contributed by atoms with van der Waals surface area (Å²) in [5.74, 6) is 0.364. The summed E-state index contributed by atoms with van der Waals surface area (Å²) >= 11 is 6.77. The maximum Gasteiger partial charge on any atom is 0.306 e. The molecule has 5 rings (SSSR count). The van der Waals surface area contributed by atoms with Crippen molar-refractivity contribution in [3.8, 4) is 0 Å². The van der Waals surface area contributed by atoms with Gasteiger partial charge in [0.1, 0.15) is 5.82 Å². The van der Waals surface area contributed by atoms with Gasteiger partial charge in [0, 0.05) is 40.7 Å². The van der Waals surface area contributed by atoms with Crippen LogP contribution in [-0.4, -0.2) is 45.0 Å². The maximum atomic E-state index is 13.4. The van der Waals surface area contributed by atoms with Gasteiger partial charge in [-0.25, -0.2) is 4.98 Å². The smallest absolute Gasteiger partial charge is 0.306 e. The summed E-state index contributed by atoms with van der Waals surface area (Å²) in [6.07, 6.45) is 9.32. The van der Waals surface area contributed by atoms with Gasteiger partial charge in [0.05, 0.1) is 10.9 Å². The van der Waals surface area contributed by atoms with Gasteiger partial charge in [-0.05, 0) is 74.8 Å². The Morgan fingerprint density at radius 3 is 2.31 bits per heavy atom. The number of aromatic nitrogens is 1. The molecule has 188 valence electrons. The molecule has 2 atom stereocenters. The number of carbonyl (C=O) groups is 2. The van der Waals surface area contributed by atoms with Crippen molar-refractivity contribution in [1.29, 1.82) is 0 Å². The second-order valence-corrected chi connectivity index (χ2v) is 12.3. The van der Waals surface area contributed by atoms with Crippen LogP contribution in [0.15, 0.2) is 24.4 Å². The molecule has 1 aliphatic carbocycles. The van der Waals surface area contributed by atoms with Gasteiger partial charge in [-0.3, -0.25) is 9.59 Å². The number of amides is 1. The van der Waals surface area contributed by atoms with Crippen molar-refractivity contribution >= 4 is 40.1 Å². The number of anilines is 1. The number of pyridine rings is 1. The number of halogens is 1. The van der Waals surface area contributed by atoms with E-state index in [0.717, 1.165) is 42.4 Å². The Hall–Kier alpha value is -2.34. The fourth-order valence-electron chi connectivity index (χ4n) is 6.58. The van der Waals surface area contributed by atoms with Crippen LogP contribution in [0.1, 0.15) is 82.5 Å². The van der Waals surface area contributed by atoms with Crippen LogP contribution < -0.4 is 5.32 Å². The monoisotopic (exact) mass is 497 g/mol. The number of piperidine rings is 1. The molecule has 2 N–H and O–H groups in total. The van der Waals surface area contributed by atoms with Crippen LogP contribution in [0.25, 0.3) is 10.8 Å². The molecule has 1 saturated carbocycles. The summed E-state index contributed by atoms with van der Waals surface area (Å²) in [6, 6.07) is 6.04. The molecule has 1 aromatic heterocycles. The fourth-order valence-corrected chi connectivity index (χ4v) is 6.85. The average molecular weight is 498 g/mol. The minimum atomic E-state index is -0.743. The first-order valence-corrected chi connectivity index (χ1v) is 13.4. The van der Waals surface area contributed by atoms with Crippen LogP contribution >= 0.6 is 11.6 Å². The van der Waals surface area contributed by atoms with E-state index >= 15 is 0 Å². The summed E-state index contributed by atoms with van der Waals surface area (Å²) in [4.78, 5) is 31.4. The third-order valence-corrected chi connectivity index (χ3v) is 9.07. The molecular formula is C28H36ClN3O3. The van der Waals surface area contributed by atoms with Crippen molar-refractivity contribution in [2.24, 2.45) is 17.3 Å². The van der Waals surface area contributed by atoms with Crippen molar-refractivity contribution in [2.75, 3.05) is 5.32 Å². The Labute approximate surface area is 212 Å². The Morgan fingerprint density at radius 2 is 1.71 bits per heavy atom. The van der Waals surface area contributed by atoms with Crippen LogP contribution in [0.5, 0.6) is 0 Å². The summed E-state index contributed by atoms with van der Waals surface area (Å²) in [5, 5.41) is 15.3. The summed E-state index contributed by atoms with van der Waals surface area (Å²) in [7, 11) is 0. The Balaban J connectivity index is 1.30. The molecule has 2 aromatic rings. The molecular weight excluding hydrogens is 462 g/mol. The van der Waals surface area contributed by atoms with E-state index in [1.807, 2.05) is 23.1 Å². The molecule has 2 aliphatic heterocycles. The second kappa shape index (κ2) is 9.27. The molecule has 6 nitrogen and oxygen atoms in total. The molecule has 2 saturated heterocycles. The predicted molar refractivity (Wildman–Crippen MR) is 139 cm³/mol. The molecule has 2 unspecified atom stereocenters. The van der Waals surface area contributed by atoms with Gasteiger partial charge in [0.2, 0.25) is 0 Å². The first-order valence-electron chi connectivity index (χ1n) is 13.0. The van der Waals surface area contributed by atoms with E-state index in [4.69, 9.17) is 11.6 Å². The van der Waals surface area contributed by atoms with E-state index < -0.39 is 5.97 Å². The van der Waals surface area contributed by atoms with Crippen molar-refractivity contribution in [3.63, 3.8) is 0 Å². The van der Waals surface area contributed by atoms with Gasteiger partial charge >= 0.3 is 5.97 Å². The van der Waals surface area contributed by atoms with E-state index in [2.05, 4.69) is 31.1 Å². The quantitative estimate of drug-likeness (QED) is 0.512. The number of fused-ring (bicyclic) bond motifs is 3. The van der Waals surface area contributed by atoms with Crippen molar-refractivity contribution < 1.29 is 14.7 Å². The lowest BCUT2D eigenvalue weighted by atomic mass is 9.71. The average Bonchev–Trinajstić information content (AvgIpc) is 3.08. The first-order chi connectivity index (χ1) is 16.6. The lowest BCUT2D eigenvalue weighted by Crippen LogP contribution is -2.47. The standard InChI is InChI=1S/C28H36ClN3O3/c1-28(2,3)19-5-7-20(8-6-19)31-25-24(29)23-11-4-16(12-18(23)15-30-25)26(33)32-21-9-10-22(32)14-17(13-21)27(34)35/h4,11-12,15,17,19-22H,5-10,13-14H2,1-3H3,(H,30,31)(H,34,35)/t17?,19-,20+,21?,22?. The summed E-state index contributed by atoms with van der Waals surface area (Å²) in [5.41, 5.74) is 0.965. The van der Waals surface area contributed by atoms with Crippen molar-refractivity contribution in [3.05, 3.63) is 35.0 Å². The van der Waals surface area contributed by atoms with Crippen LogP contribution in [-0.2, 0) is 4.79 Å². The number of rotatable bonds is 4. The number of carbonyl (C=O) groups excluding carboxylic acids is 1. The topological polar surface area (TPSA) is 82.5 Å². The van der Waals surface area contributed by atoms with E-state index in [1.54, 1.807) is 6.20 Å². The number of nitrogens with zero attached hydrogens (tertiary/aromatic N) is 2. The van der Waals surface area contributed by atoms with Crippen LogP contribution in [0, 0.1) is 17.3 Å². The third kappa shape index (κ3) is 4.74. The van der Waals surface area contributed by atoms with Gasteiger partial charge in [-0.15, -0.1) is 0 Å². The molecule has 1 aromatic carbocycles. The van der Waals surface area contributed by atoms with E-state index in [-0.39, 0.29) is 23.9 Å². The number of carboxylic acid groups (broad SMARTS) is 1. The van der Waals surface area contributed by atoms with Gasteiger partial charge in [-0.2, -0.15) is 0 Å². The number of nitrogens with one attached hydrogen (secondary N) is 1. The minimum Gasteiger partial charge on any atom is -0.481 e. The maximum absolute atomic E-state index is 13.4. The highest BCUT2D eigenvalue weighted by molar-refractivity contribution is 6.37. The molecule has 3 heterocycles. The van der Waals surface area contributed by atoms with Gasteiger partial charge < -0.3 is 15.3 Å². The fraction of sp³-hybridized carbons (Fsp3) is 0.607. The molecule has 0 radical (unpaired) electrons. The highest BCUT2D eigenvalue weighted by atomic mass is 35.5. The summed E-state index contributed by atoms with van der Waals surface area (Å²) < 4.78 is 0. The minimum absolute atomic E-state index is 0.0136. The SMILES string of the molecule is CC(C)(C)[C@H]1CC[C@@H](Nc2ncc3cc(C(=O)N4C5CCC4CC(C(=O)O)C5)ccc3c2Cl)CC1. The molecule has 7 heteroatoms. The highest BCUT2D eigenvalue weighted by Gasteiger charge is 2.45. The Morgan fingerprint density at radius 1 is 1.06 bits per heavy atom. The number of benzene rings is 1. The molecule has 0 spiro atoms. The Bertz CT molecular complexity index is 1120.